The molecule has 0 atom stereocenters. The first-order chi connectivity index (χ1) is 9.09. The minimum Gasteiger partial charge on any atom is -0.476 e. The number of ether oxygens (including phenoxy) is 1. The monoisotopic (exact) mass is 270 g/mol. The van der Waals surface area contributed by atoms with Crippen LogP contribution < -0.4 is 0 Å². The van der Waals surface area contributed by atoms with Crippen molar-refractivity contribution in [1.29, 1.82) is 0 Å². The number of carbonyl (C=O) groups is 1. The van der Waals surface area contributed by atoms with E-state index < -0.39 is 16.6 Å². The summed E-state index contributed by atoms with van der Waals surface area (Å²) in [6, 6.07) is 0. The van der Waals surface area contributed by atoms with E-state index in [2.05, 4.69) is 10.00 Å². The van der Waals surface area contributed by atoms with Gasteiger partial charge in [0, 0.05) is 19.6 Å². The lowest BCUT2D eigenvalue weighted by atomic mass is 10.3. The van der Waals surface area contributed by atoms with Gasteiger partial charge in [0.1, 0.15) is 6.20 Å². The van der Waals surface area contributed by atoms with Gasteiger partial charge in [-0.1, -0.05) is 0 Å². The third kappa shape index (κ3) is 3.06. The largest absolute Gasteiger partial charge is 0.476 e. The number of morpholine rings is 1. The number of hydrogen-bond donors (Lipinski definition) is 1. The van der Waals surface area contributed by atoms with E-state index in [1.165, 1.54) is 0 Å². The Labute approximate surface area is 108 Å². The fourth-order valence-electron chi connectivity index (χ4n) is 1.96. The zero-order valence-electron chi connectivity index (χ0n) is 10.2. The second kappa shape index (κ2) is 5.76. The first kappa shape index (κ1) is 13.4. The van der Waals surface area contributed by atoms with E-state index in [-0.39, 0.29) is 5.69 Å². The van der Waals surface area contributed by atoms with E-state index in [4.69, 9.17) is 9.84 Å². The second-order valence-electron chi connectivity index (χ2n) is 4.12. The smallest absolute Gasteiger partial charge is 0.361 e. The molecule has 1 N–H and O–H groups in total. The molecule has 0 spiro atoms. The molecular formula is C10H14N4O5. The highest BCUT2D eigenvalue weighted by atomic mass is 16.6. The summed E-state index contributed by atoms with van der Waals surface area (Å²) in [7, 11) is 0. The summed E-state index contributed by atoms with van der Waals surface area (Å²) < 4.78 is 6.36. The molecule has 0 saturated carbocycles. The third-order valence-corrected chi connectivity index (χ3v) is 2.95. The van der Waals surface area contributed by atoms with Crippen LogP contribution in [-0.2, 0) is 11.3 Å². The van der Waals surface area contributed by atoms with Crippen LogP contribution in [0, 0.1) is 10.1 Å². The van der Waals surface area contributed by atoms with E-state index in [1.807, 2.05) is 0 Å². The molecule has 104 valence electrons. The van der Waals surface area contributed by atoms with E-state index in [1.54, 1.807) is 0 Å². The summed E-state index contributed by atoms with van der Waals surface area (Å²) in [5, 5.41) is 23.5. The van der Waals surface area contributed by atoms with Crippen molar-refractivity contribution < 1.29 is 19.6 Å². The Bertz CT molecular complexity index is 480. The average molecular weight is 270 g/mol. The zero-order chi connectivity index (χ0) is 13.8. The number of carboxylic acid groups (broad SMARTS) is 1. The number of aromatic carboxylic acids is 1. The fraction of sp³-hybridized carbons (Fsp3) is 0.600. The summed E-state index contributed by atoms with van der Waals surface area (Å²) in [4.78, 5) is 23.1. The predicted molar refractivity (Wildman–Crippen MR) is 63.1 cm³/mol. The van der Waals surface area contributed by atoms with Crippen LogP contribution in [-0.4, -0.2) is 63.5 Å². The number of rotatable bonds is 5. The molecular weight excluding hydrogens is 256 g/mol. The maximum atomic E-state index is 11.1. The molecule has 1 aliphatic heterocycles. The van der Waals surface area contributed by atoms with E-state index in [0.717, 1.165) is 24.0 Å². The average Bonchev–Trinajstić information content (AvgIpc) is 2.81. The zero-order valence-corrected chi connectivity index (χ0v) is 10.2. The maximum Gasteiger partial charge on any atom is 0.361 e. The molecule has 2 rings (SSSR count). The summed E-state index contributed by atoms with van der Waals surface area (Å²) in [6.45, 7) is 3.71. The molecule has 1 aliphatic rings. The van der Waals surface area contributed by atoms with Crippen LogP contribution in [0.4, 0.5) is 5.69 Å². The van der Waals surface area contributed by atoms with Gasteiger partial charge in [0.15, 0.2) is 0 Å². The molecule has 1 fully saturated rings. The van der Waals surface area contributed by atoms with Crippen molar-refractivity contribution in [2.24, 2.45) is 0 Å². The summed E-state index contributed by atoms with van der Waals surface area (Å²) in [5.41, 5.74) is -0.854. The van der Waals surface area contributed by atoms with Gasteiger partial charge in [0.05, 0.1) is 24.7 Å². The number of hydrogen-bond acceptors (Lipinski definition) is 6. The van der Waals surface area contributed by atoms with Gasteiger partial charge in [-0.3, -0.25) is 19.7 Å². The Hall–Kier alpha value is -2.00. The van der Waals surface area contributed by atoms with E-state index in [9.17, 15) is 14.9 Å². The minimum absolute atomic E-state index is 0.301. The van der Waals surface area contributed by atoms with Crippen LogP contribution in [0.5, 0.6) is 0 Å². The SMILES string of the molecule is O=C(O)c1c([N+](=O)[O-])cnn1CCN1CCOCC1. The van der Waals surface area contributed by atoms with Gasteiger partial charge in [-0.15, -0.1) is 0 Å². The molecule has 9 heteroatoms. The topological polar surface area (TPSA) is 111 Å². The molecule has 0 aliphatic carbocycles. The Morgan fingerprint density at radius 2 is 2.16 bits per heavy atom. The molecule has 2 heterocycles. The minimum atomic E-state index is -1.34. The second-order valence-corrected chi connectivity index (χ2v) is 4.12. The normalized spacial score (nSPS) is 16.4. The summed E-state index contributed by atoms with van der Waals surface area (Å²) in [6.07, 6.45) is 0.975. The highest BCUT2D eigenvalue weighted by molar-refractivity contribution is 5.90. The number of nitrogens with zero attached hydrogens (tertiary/aromatic N) is 4. The Kier molecular flexibility index (Phi) is 4.07. The van der Waals surface area contributed by atoms with Crippen molar-refractivity contribution in [1.82, 2.24) is 14.7 Å². The summed E-state index contributed by atoms with van der Waals surface area (Å²) >= 11 is 0. The van der Waals surface area contributed by atoms with Crippen LogP contribution in [0.15, 0.2) is 6.20 Å². The summed E-state index contributed by atoms with van der Waals surface area (Å²) in [5.74, 6) is -1.34. The van der Waals surface area contributed by atoms with Crippen molar-refractivity contribution in [2.45, 2.75) is 6.54 Å². The molecule has 0 radical (unpaired) electrons. The Balaban J connectivity index is 2.07. The van der Waals surface area contributed by atoms with E-state index in [0.29, 0.717) is 26.3 Å². The molecule has 1 saturated heterocycles. The standard InChI is InChI=1S/C10H14N4O5/c15-10(16)9-8(14(17)18)7-11-13(9)2-1-12-3-5-19-6-4-12/h7H,1-6H2,(H,15,16). The third-order valence-electron chi connectivity index (χ3n) is 2.95. The van der Waals surface area contributed by atoms with Crippen LogP contribution >= 0.6 is 0 Å². The van der Waals surface area contributed by atoms with Gasteiger partial charge in [-0.05, 0) is 0 Å². The van der Waals surface area contributed by atoms with Crippen LogP contribution in [0.3, 0.4) is 0 Å². The van der Waals surface area contributed by atoms with Crippen molar-refractivity contribution in [2.75, 3.05) is 32.8 Å². The number of aromatic nitrogens is 2. The van der Waals surface area contributed by atoms with Gasteiger partial charge in [-0.25, -0.2) is 4.79 Å². The molecule has 1 aromatic heterocycles. The molecule has 0 aromatic carbocycles. The van der Waals surface area contributed by atoms with Gasteiger partial charge in [0.25, 0.3) is 0 Å². The fourth-order valence-corrected chi connectivity index (χ4v) is 1.96. The van der Waals surface area contributed by atoms with Crippen molar-refractivity contribution >= 4 is 11.7 Å². The van der Waals surface area contributed by atoms with Crippen LogP contribution in [0.1, 0.15) is 10.5 Å². The van der Waals surface area contributed by atoms with Crippen LogP contribution in [0.25, 0.3) is 0 Å². The van der Waals surface area contributed by atoms with Crippen molar-refractivity contribution in [3.05, 3.63) is 22.0 Å². The highest BCUT2D eigenvalue weighted by Gasteiger charge is 2.26. The lowest BCUT2D eigenvalue weighted by Crippen LogP contribution is -2.38. The van der Waals surface area contributed by atoms with Gasteiger partial charge in [0.2, 0.25) is 5.69 Å². The van der Waals surface area contributed by atoms with Gasteiger partial charge >= 0.3 is 11.7 Å². The molecule has 19 heavy (non-hydrogen) atoms. The van der Waals surface area contributed by atoms with E-state index >= 15 is 0 Å². The maximum absolute atomic E-state index is 11.1. The number of carboxylic acids is 1. The molecule has 0 bridgehead atoms. The van der Waals surface area contributed by atoms with Crippen molar-refractivity contribution in [3.63, 3.8) is 0 Å². The lowest BCUT2D eigenvalue weighted by molar-refractivity contribution is -0.385. The van der Waals surface area contributed by atoms with Gasteiger partial charge in [-0.2, -0.15) is 5.10 Å². The molecule has 0 amide bonds. The first-order valence-corrected chi connectivity index (χ1v) is 5.83. The Morgan fingerprint density at radius 3 is 2.74 bits per heavy atom. The van der Waals surface area contributed by atoms with Crippen molar-refractivity contribution in [3.8, 4) is 0 Å². The Morgan fingerprint density at radius 1 is 1.47 bits per heavy atom. The lowest BCUT2D eigenvalue weighted by Gasteiger charge is -2.26. The molecule has 9 nitrogen and oxygen atoms in total. The van der Waals surface area contributed by atoms with Crippen LogP contribution in [0.2, 0.25) is 0 Å². The highest BCUT2D eigenvalue weighted by Crippen LogP contribution is 2.17. The molecule has 1 aromatic rings. The first-order valence-electron chi connectivity index (χ1n) is 5.83. The molecule has 0 unspecified atom stereocenters. The number of nitro groups is 1. The predicted octanol–water partition coefficient (Wildman–Crippen LogP) is -0.178. The van der Waals surface area contributed by atoms with Gasteiger partial charge < -0.3 is 9.84 Å². The quantitative estimate of drug-likeness (QED) is 0.583.